The first-order chi connectivity index (χ1) is 16.4. The van der Waals surface area contributed by atoms with Gasteiger partial charge in [0.15, 0.2) is 0 Å². The zero-order valence-corrected chi connectivity index (χ0v) is 18.9. The molecule has 2 saturated carbocycles. The van der Waals surface area contributed by atoms with Crippen LogP contribution in [0.3, 0.4) is 0 Å². The van der Waals surface area contributed by atoms with Crippen molar-refractivity contribution in [1.82, 2.24) is 10.6 Å². The molecule has 0 heterocycles. The lowest BCUT2D eigenvalue weighted by Crippen LogP contribution is -2.67. The van der Waals surface area contributed by atoms with Gasteiger partial charge in [0.1, 0.15) is 12.1 Å². The van der Waals surface area contributed by atoms with Crippen LogP contribution >= 0.6 is 0 Å². The van der Waals surface area contributed by atoms with Crippen LogP contribution in [0.1, 0.15) is 49.1 Å². The van der Waals surface area contributed by atoms with Gasteiger partial charge in [-0.3, -0.25) is 4.79 Å². The van der Waals surface area contributed by atoms with E-state index in [4.69, 9.17) is 4.74 Å². The van der Waals surface area contributed by atoms with E-state index >= 15 is 0 Å². The summed E-state index contributed by atoms with van der Waals surface area (Å²) < 4.78 is 5.46. The summed E-state index contributed by atoms with van der Waals surface area (Å²) in [5, 5.41) is 14.9. The van der Waals surface area contributed by atoms with Gasteiger partial charge in [0.25, 0.3) is 0 Å². The van der Waals surface area contributed by atoms with Gasteiger partial charge in [0, 0.05) is 18.5 Å². The van der Waals surface area contributed by atoms with Crippen LogP contribution in [0.25, 0.3) is 11.1 Å². The number of alkyl carbamates (subject to hydrolysis) is 1. The van der Waals surface area contributed by atoms with Crippen LogP contribution in [0.2, 0.25) is 0 Å². The molecule has 0 bridgehead atoms. The number of carboxylic acid groups (broad SMARTS) is 1. The Hall–Kier alpha value is -3.61. The van der Waals surface area contributed by atoms with E-state index in [1.165, 1.54) is 12.2 Å². The number of amides is 2. The number of hydrogen-bond donors (Lipinski definition) is 3. The van der Waals surface area contributed by atoms with Gasteiger partial charge >= 0.3 is 12.1 Å². The second kappa shape index (κ2) is 8.63. The normalized spacial score (nSPS) is 18.9. The van der Waals surface area contributed by atoms with Crippen molar-refractivity contribution in [2.75, 3.05) is 13.2 Å². The first-order valence-corrected chi connectivity index (χ1v) is 11.7. The predicted octanol–water partition coefficient (Wildman–Crippen LogP) is 3.99. The molecule has 3 aliphatic carbocycles. The van der Waals surface area contributed by atoms with Crippen LogP contribution in [0.15, 0.2) is 60.7 Å². The second-order valence-electron chi connectivity index (χ2n) is 9.69. The van der Waals surface area contributed by atoms with E-state index < -0.39 is 23.5 Å². The fourth-order valence-electron chi connectivity index (χ4n) is 5.79. The minimum atomic E-state index is -1.16. The Bertz CT molecular complexity index is 1110. The van der Waals surface area contributed by atoms with E-state index in [9.17, 15) is 19.5 Å². The molecule has 2 amide bonds. The molecule has 1 spiro atoms. The summed E-state index contributed by atoms with van der Waals surface area (Å²) >= 11 is 0. The molecular formula is C27H28N2O5. The third kappa shape index (κ3) is 3.95. The number of fused-ring (bicyclic) bond motifs is 3. The van der Waals surface area contributed by atoms with Crippen LogP contribution in [0.4, 0.5) is 4.79 Å². The van der Waals surface area contributed by atoms with Gasteiger partial charge < -0.3 is 20.5 Å². The maximum atomic E-state index is 12.2. The summed E-state index contributed by atoms with van der Waals surface area (Å²) in [6.07, 6.45) is 6.38. The van der Waals surface area contributed by atoms with Crippen molar-refractivity contribution >= 4 is 18.0 Å². The van der Waals surface area contributed by atoms with Gasteiger partial charge in [0.2, 0.25) is 5.91 Å². The number of rotatable bonds is 7. The third-order valence-electron chi connectivity index (χ3n) is 7.52. The summed E-state index contributed by atoms with van der Waals surface area (Å²) in [6.45, 7) is 0.320. The van der Waals surface area contributed by atoms with Crippen molar-refractivity contribution in [3.63, 3.8) is 0 Å². The molecule has 0 atom stereocenters. The van der Waals surface area contributed by atoms with Crippen LogP contribution in [-0.4, -0.2) is 41.8 Å². The molecule has 0 unspecified atom stereocenters. The Kier molecular flexibility index (Phi) is 5.63. The Labute approximate surface area is 198 Å². The smallest absolute Gasteiger partial charge is 0.407 e. The van der Waals surface area contributed by atoms with Crippen LogP contribution in [0.5, 0.6) is 0 Å². The molecule has 5 rings (SSSR count). The third-order valence-corrected chi connectivity index (χ3v) is 7.52. The first kappa shape index (κ1) is 22.2. The summed E-state index contributed by atoms with van der Waals surface area (Å²) in [7, 11) is 0. The number of ether oxygens (including phenoxy) is 1. The van der Waals surface area contributed by atoms with E-state index in [1.807, 2.05) is 24.3 Å². The monoisotopic (exact) mass is 460 g/mol. The predicted molar refractivity (Wildman–Crippen MR) is 126 cm³/mol. The number of hydrogen-bond acceptors (Lipinski definition) is 4. The Morgan fingerprint density at radius 1 is 1.00 bits per heavy atom. The summed E-state index contributed by atoms with van der Waals surface area (Å²) in [5.74, 6) is -1.47. The van der Waals surface area contributed by atoms with Gasteiger partial charge in [-0.25, -0.2) is 9.59 Å². The Morgan fingerprint density at radius 2 is 1.62 bits per heavy atom. The largest absolute Gasteiger partial charge is 0.480 e. The minimum absolute atomic E-state index is 0.0203. The Balaban J connectivity index is 1.09. The summed E-state index contributed by atoms with van der Waals surface area (Å²) in [4.78, 5) is 36.2. The number of benzene rings is 2. The number of aliphatic carboxylic acids is 1. The molecule has 176 valence electrons. The molecule has 34 heavy (non-hydrogen) atoms. The molecule has 0 saturated heterocycles. The van der Waals surface area contributed by atoms with E-state index in [0.29, 0.717) is 12.8 Å². The highest BCUT2D eigenvalue weighted by molar-refractivity contribution is 5.94. The lowest BCUT2D eigenvalue weighted by atomic mass is 9.48. The van der Waals surface area contributed by atoms with Crippen LogP contribution in [-0.2, 0) is 14.3 Å². The van der Waals surface area contributed by atoms with Crippen molar-refractivity contribution in [3.05, 3.63) is 71.8 Å². The van der Waals surface area contributed by atoms with Gasteiger partial charge in [-0.15, -0.1) is 0 Å². The molecule has 7 heteroatoms. The zero-order valence-electron chi connectivity index (χ0n) is 18.9. The number of carbonyl (C=O) groups is 3. The molecule has 2 fully saturated rings. The second-order valence-corrected chi connectivity index (χ2v) is 9.69. The first-order valence-electron chi connectivity index (χ1n) is 11.7. The number of nitrogens with one attached hydrogen (secondary N) is 2. The lowest BCUT2D eigenvalue weighted by Gasteiger charge is -2.58. The molecule has 3 aliphatic rings. The van der Waals surface area contributed by atoms with Crippen molar-refractivity contribution in [2.24, 2.45) is 5.41 Å². The van der Waals surface area contributed by atoms with Crippen molar-refractivity contribution in [1.29, 1.82) is 0 Å². The van der Waals surface area contributed by atoms with Gasteiger partial charge in [0.05, 0.1) is 0 Å². The molecule has 3 N–H and O–H groups in total. The van der Waals surface area contributed by atoms with Crippen LogP contribution < -0.4 is 10.6 Å². The minimum Gasteiger partial charge on any atom is -0.480 e. The molecular weight excluding hydrogens is 432 g/mol. The highest BCUT2D eigenvalue weighted by Gasteiger charge is 2.61. The maximum Gasteiger partial charge on any atom is 0.407 e. The van der Waals surface area contributed by atoms with E-state index in [2.05, 4.69) is 34.9 Å². The Morgan fingerprint density at radius 3 is 2.18 bits per heavy atom. The molecule has 0 aromatic heterocycles. The topological polar surface area (TPSA) is 105 Å². The van der Waals surface area contributed by atoms with Crippen molar-refractivity contribution in [3.8, 4) is 11.1 Å². The van der Waals surface area contributed by atoms with Gasteiger partial charge in [-0.1, -0.05) is 61.0 Å². The highest BCUT2D eigenvalue weighted by atomic mass is 16.5. The van der Waals surface area contributed by atoms with E-state index in [-0.39, 0.29) is 24.5 Å². The van der Waals surface area contributed by atoms with Crippen molar-refractivity contribution < 1.29 is 24.2 Å². The lowest BCUT2D eigenvalue weighted by molar-refractivity contribution is -0.164. The molecule has 7 nitrogen and oxygen atoms in total. The summed E-state index contributed by atoms with van der Waals surface area (Å²) in [6, 6.07) is 16.2. The molecule has 2 aromatic carbocycles. The fourth-order valence-corrected chi connectivity index (χ4v) is 5.79. The number of carbonyl (C=O) groups excluding carboxylic acids is 2. The molecule has 2 aromatic rings. The summed E-state index contributed by atoms with van der Waals surface area (Å²) in [5.41, 5.74) is 3.55. The van der Waals surface area contributed by atoms with E-state index in [0.717, 1.165) is 41.5 Å². The SMILES string of the molecule is O=C(/C=C/CNC(=O)OCC1c2ccccc2-c2ccccc21)NC1(C(=O)O)CC2(CCC2)C1. The van der Waals surface area contributed by atoms with Gasteiger partial charge in [-0.2, -0.15) is 0 Å². The average Bonchev–Trinajstić information content (AvgIpc) is 3.10. The zero-order chi connectivity index (χ0) is 23.8. The quantitative estimate of drug-likeness (QED) is 0.542. The standard InChI is InChI=1S/C27H28N2O5/c30-23(29-27(24(31)32)16-26(17-27)12-6-13-26)11-5-14-28-25(33)34-15-22-20-9-3-1-7-18(20)19-8-2-4-10-21(19)22/h1-5,7-11,22H,6,12-17H2,(H,28,33)(H,29,30)(H,31,32)/b11-5+. The van der Waals surface area contributed by atoms with Gasteiger partial charge in [-0.05, 0) is 53.4 Å². The maximum absolute atomic E-state index is 12.2. The average molecular weight is 461 g/mol. The van der Waals surface area contributed by atoms with Crippen molar-refractivity contribution in [2.45, 2.75) is 43.6 Å². The van der Waals surface area contributed by atoms with E-state index in [1.54, 1.807) is 0 Å². The fraction of sp³-hybridized carbons (Fsp3) is 0.370. The van der Waals surface area contributed by atoms with Crippen LogP contribution in [0, 0.1) is 5.41 Å². The molecule has 0 aliphatic heterocycles. The highest BCUT2D eigenvalue weighted by Crippen LogP contribution is 2.60. The molecule has 0 radical (unpaired) electrons. The number of carboxylic acids is 1.